The van der Waals surface area contributed by atoms with Crippen LogP contribution in [0.1, 0.15) is 42.5 Å². The molecule has 0 unspecified atom stereocenters. The van der Waals surface area contributed by atoms with Gasteiger partial charge >= 0.3 is 0 Å². The van der Waals surface area contributed by atoms with Crippen molar-refractivity contribution in [2.75, 3.05) is 13.6 Å². The van der Waals surface area contributed by atoms with Gasteiger partial charge in [-0.15, -0.1) is 35.3 Å². The van der Waals surface area contributed by atoms with Crippen molar-refractivity contribution in [2.45, 2.75) is 51.6 Å². The van der Waals surface area contributed by atoms with Gasteiger partial charge in [0.2, 0.25) is 5.91 Å². The lowest BCUT2D eigenvalue weighted by atomic mass is 10.2. The monoisotopic (exact) mass is 450 g/mol. The topological polar surface area (TPSA) is 65.5 Å². The molecule has 3 N–H and O–H groups in total. The smallest absolute Gasteiger partial charge is 0.221 e. The highest BCUT2D eigenvalue weighted by molar-refractivity contribution is 14.0. The minimum atomic E-state index is 0. The Morgan fingerprint density at radius 1 is 1.35 bits per heavy atom. The first kappa shape index (κ1) is 20.2. The maximum atomic E-state index is 11.8. The summed E-state index contributed by atoms with van der Waals surface area (Å²) in [5.41, 5.74) is 1.30. The van der Waals surface area contributed by atoms with E-state index in [1.54, 1.807) is 18.4 Å². The van der Waals surface area contributed by atoms with Crippen molar-refractivity contribution in [1.82, 2.24) is 16.0 Å². The molecule has 5 nitrogen and oxygen atoms in total. The van der Waals surface area contributed by atoms with Crippen LogP contribution in [0, 0.1) is 6.92 Å². The average molecular weight is 450 g/mol. The normalized spacial score (nSPS) is 15.1. The Labute approximate surface area is 159 Å². The molecule has 23 heavy (non-hydrogen) atoms. The van der Waals surface area contributed by atoms with Gasteiger partial charge in [0, 0.05) is 30.9 Å². The fourth-order valence-corrected chi connectivity index (χ4v) is 3.48. The third-order valence-electron chi connectivity index (χ3n) is 3.97. The van der Waals surface area contributed by atoms with E-state index in [-0.39, 0.29) is 29.9 Å². The number of halogens is 1. The first-order chi connectivity index (χ1) is 10.7. The molecule has 1 heterocycles. The van der Waals surface area contributed by atoms with Gasteiger partial charge in [-0.25, -0.2) is 0 Å². The summed E-state index contributed by atoms with van der Waals surface area (Å²) < 4.78 is 0. The Hall–Kier alpha value is -0.830. The molecule has 0 atom stereocenters. The minimum absolute atomic E-state index is 0. The van der Waals surface area contributed by atoms with E-state index in [2.05, 4.69) is 39.3 Å². The van der Waals surface area contributed by atoms with Crippen LogP contribution in [0.3, 0.4) is 0 Å². The van der Waals surface area contributed by atoms with Gasteiger partial charge in [-0.05, 0) is 36.8 Å². The van der Waals surface area contributed by atoms with Crippen LogP contribution in [0.5, 0.6) is 0 Å². The number of hydrogen-bond acceptors (Lipinski definition) is 3. The van der Waals surface area contributed by atoms with E-state index >= 15 is 0 Å². The summed E-state index contributed by atoms with van der Waals surface area (Å²) in [4.78, 5) is 17.3. The number of carbonyl (C=O) groups is 1. The molecule has 130 valence electrons. The SMILES string of the molecule is CN=C(NCCC(=O)NC1CCCC1)NCc1sccc1C.I. The zero-order chi connectivity index (χ0) is 15.8. The fourth-order valence-electron chi connectivity index (χ4n) is 2.63. The average Bonchev–Trinajstić information content (AvgIpc) is 3.14. The fraction of sp³-hybridized carbons (Fsp3) is 0.625. The van der Waals surface area contributed by atoms with Crippen molar-refractivity contribution < 1.29 is 4.79 Å². The van der Waals surface area contributed by atoms with Crippen molar-refractivity contribution in [3.05, 3.63) is 21.9 Å². The number of hydrogen-bond donors (Lipinski definition) is 3. The zero-order valence-corrected chi connectivity index (χ0v) is 17.0. The van der Waals surface area contributed by atoms with E-state index in [9.17, 15) is 4.79 Å². The lowest BCUT2D eigenvalue weighted by molar-refractivity contribution is -0.121. The molecule has 1 fully saturated rings. The van der Waals surface area contributed by atoms with Crippen molar-refractivity contribution in [2.24, 2.45) is 4.99 Å². The van der Waals surface area contributed by atoms with E-state index in [4.69, 9.17) is 0 Å². The number of nitrogens with one attached hydrogen (secondary N) is 3. The quantitative estimate of drug-likeness (QED) is 0.355. The largest absolute Gasteiger partial charge is 0.356 e. The molecule has 1 aliphatic carbocycles. The second-order valence-electron chi connectivity index (χ2n) is 5.68. The van der Waals surface area contributed by atoms with Crippen LogP contribution in [0.2, 0.25) is 0 Å². The molecular formula is C16H27IN4OS. The highest BCUT2D eigenvalue weighted by atomic mass is 127. The summed E-state index contributed by atoms with van der Waals surface area (Å²) >= 11 is 1.74. The molecule has 0 aliphatic heterocycles. The predicted molar refractivity (Wildman–Crippen MR) is 108 cm³/mol. The Bertz CT molecular complexity index is 512. The first-order valence-electron chi connectivity index (χ1n) is 7.96. The van der Waals surface area contributed by atoms with E-state index in [0.717, 1.165) is 25.3 Å². The summed E-state index contributed by atoms with van der Waals surface area (Å²) in [5.74, 6) is 0.866. The Balaban J connectivity index is 0.00000264. The third-order valence-corrected chi connectivity index (χ3v) is 5.00. The molecular weight excluding hydrogens is 423 g/mol. The van der Waals surface area contributed by atoms with Gasteiger partial charge in [-0.3, -0.25) is 9.79 Å². The van der Waals surface area contributed by atoms with E-state index in [1.807, 2.05) is 0 Å². The van der Waals surface area contributed by atoms with E-state index in [1.165, 1.54) is 23.3 Å². The molecule has 1 aliphatic rings. The van der Waals surface area contributed by atoms with Crippen molar-refractivity contribution in [3.63, 3.8) is 0 Å². The number of guanidine groups is 1. The second-order valence-corrected chi connectivity index (χ2v) is 6.68. The molecule has 0 saturated heterocycles. The summed E-state index contributed by atoms with van der Waals surface area (Å²) in [7, 11) is 1.75. The van der Waals surface area contributed by atoms with Crippen LogP contribution in [0.4, 0.5) is 0 Å². The van der Waals surface area contributed by atoms with Crippen LogP contribution in [0.15, 0.2) is 16.4 Å². The lowest BCUT2D eigenvalue weighted by Crippen LogP contribution is -2.40. The van der Waals surface area contributed by atoms with Gasteiger partial charge in [0.1, 0.15) is 0 Å². The van der Waals surface area contributed by atoms with Crippen LogP contribution >= 0.6 is 35.3 Å². The summed E-state index contributed by atoms with van der Waals surface area (Å²) in [6, 6.07) is 2.51. The van der Waals surface area contributed by atoms with E-state index < -0.39 is 0 Å². The Morgan fingerprint density at radius 2 is 2.09 bits per heavy atom. The molecule has 1 aromatic rings. The number of nitrogens with zero attached hydrogens (tertiary/aromatic N) is 1. The number of aryl methyl sites for hydroxylation is 1. The molecule has 0 aromatic carbocycles. The maximum Gasteiger partial charge on any atom is 0.221 e. The summed E-state index contributed by atoms with van der Waals surface area (Å²) in [6.45, 7) is 3.47. The summed E-state index contributed by atoms with van der Waals surface area (Å²) in [5, 5.41) is 11.7. The molecule has 1 amide bonds. The summed E-state index contributed by atoms with van der Waals surface area (Å²) in [6.07, 6.45) is 5.21. The molecule has 2 rings (SSSR count). The highest BCUT2D eigenvalue weighted by Crippen LogP contribution is 2.17. The van der Waals surface area contributed by atoms with Crippen molar-refractivity contribution >= 4 is 47.2 Å². The van der Waals surface area contributed by atoms with Crippen molar-refractivity contribution in [1.29, 1.82) is 0 Å². The molecule has 0 bridgehead atoms. The van der Waals surface area contributed by atoms with E-state index in [0.29, 0.717) is 19.0 Å². The Morgan fingerprint density at radius 3 is 2.70 bits per heavy atom. The molecule has 0 spiro atoms. The predicted octanol–water partition coefficient (Wildman–Crippen LogP) is 2.79. The van der Waals surface area contributed by atoms with Crippen molar-refractivity contribution in [3.8, 4) is 0 Å². The van der Waals surface area contributed by atoms with Crippen LogP contribution in [-0.2, 0) is 11.3 Å². The highest BCUT2D eigenvalue weighted by Gasteiger charge is 2.16. The number of rotatable bonds is 6. The molecule has 7 heteroatoms. The van der Waals surface area contributed by atoms with Crippen LogP contribution < -0.4 is 16.0 Å². The van der Waals surface area contributed by atoms with Gasteiger partial charge in [0.05, 0.1) is 6.54 Å². The third kappa shape index (κ3) is 7.07. The number of aliphatic imine (C=N–C) groups is 1. The number of thiophene rings is 1. The van der Waals surface area contributed by atoms with Crippen LogP contribution in [-0.4, -0.2) is 31.5 Å². The molecule has 1 aromatic heterocycles. The van der Waals surface area contributed by atoms with Gasteiger partial charge in [-0.1, -0.05) is 12.8 Å². The zero-order valence-electron chi connectivity index (χ0n) is 13.9. The van der Waals surface area contributed by atoms with Gasteiger partial charge < -0.3 is 16.0 Å². The Kier molecular flexibility index (Phi) is 9.54. The second kappa shape index (κ2) is 10.9. The standard InChI is InChI=1S/C16H26N4OS.HI/c1-12-8-10-22-14(12)11-19-16(17-2)18-9-7-15(21)20-13-5-3-4-6-13;/h8,10,13H,3-7,9,11H2,1-2H3,(H,20,21)(H2,17,18,19);1H. The van der Waals surface area contributed by atoms with Gasteiger partial charge in [0.15, 0.2) is 5.96 Å². The number of amides is 1. The first-order valence-corrected chi connectivity index (χ1v) is 8.84. The molecule has 0 radical (unpaired) electrons. The number of carbonyl (C=O) groups excluding carboxylic acids is 1. The van der Waals surface area contributed by atoms with Gasteiger partial charge in [0.25, 0.3) is 0 Å². The lowest BCUT2D eigenvalue weighted by Gasteiger charge is -2.14. The maximum absolute atomic E-state index is 11.8. The molecule has 1 saturated carbocycles. The van der Waals surface area contributed by atoms with Gasteiger partial charge in [-0.2, -0.15) is 0 Å². The minimum Gasteiger partial charge on any atom is -0.356 e. The van der Waals surface area contributed by atoms with Crippen LogP contribution in [0.25, 0.3) is 0 Å².